The van der Waals surface area contributed by atoms with Crippen molar-refractivity contribution in [3.8, 4) is 0 Å². The lowest BCUT2D eigenvalue weighted by atomic mass is 10.1. The van der Waals surface area contributed by atoms with Crippen molar-refractivity contribution < 1.29 is 22.4 Å². The Balaban J connectivity index is 1.97. The molecule has 0 saturated carbocycles. The number of carbonyl (C=O) groups is 1. The zero-order chi connectivity index (χ0) is 18.2. The summed E-state index contributed by atoms with van der Waals surface area (Å²) in [4.78, 5) is 23.5. The average Bonchev–Trinajstić information content (AvgIpc) is 2.53. The van der Waals surface area contributed by atoms with Crippen LogP contribution in [0.25, 0.3) is 11.0 Å². The highest BCUT2D eigenvalue weighted by Crippen LogP contribution is 2.34. The monoisotopic (exact) mass is 411 g/mol. The van der Waals surface area contributed by atoms with Crippen molar-refractivity contribution in [3.63, 3.8) is 0 Å². The lowest BCUT2D eigenvalue weighted by Crippen LogP contribution is -2.13. The fraction of sp³-hybridized carbons (Fsp3) is 0.0588. The molecule has 0 aliphatic rings. The summed E-state index contributed by atoms with van der Waals surface area (Å²) in [6.07, 6.45) is -4.68. The Bertz CT molecular complexity index is 1010. The van der Waals surface area contributed by atoms with Gasteiger partial charge in [-0.3, -0.25) is 4.79 Å². The number of hydrogen-bond donors (Lipinski definition) is 1. The van der Waals surface area contributed by atoms with Gasteiger partial charge in [-0.2, -0.15) is 13.2 Å². The second kappa shape index (κ2) is 6.36. The number of carbonyl (C=O) groups excluding carboxylic acids is 1. The van der Waals surface area contributed by atoms with E-state index < -0.39 is 23.3 Å². The van der Waals surface area contributed by atoms with E-state index in [4.69, 9.17) is 4.42 Å². The lowest BCUT2D eigenvalue weighted by Gasteiger charge is -2.10. The standard InChI is InChI=1S/C17H9BrF3NO3/c18-10-3-1-9(2-4-10)16(24)22-11-5-6-12-13(17(19,20)21)8-15(23)25-14(12)7-11/h1-8H,(H,22,24). The number of benzene rings is 2. The van der Waals surface area contributed by atoms with Crippen molar-refractivity contribution in [3.05, 3.63) is 74.6 Å². The molecule has 25 heavy (non-hydrogen) atoms. The molecule has 0 aliphatic carbocycles. The number of rotatable bonds is 2. The summed E-state index contributed by atoms with van der Waals surface area (Å²) in [5.41, 5.74) is -1.87. The van der Waals surface area contributed by atoms with Gasteiger partial charge in [0.15, 0.2) is 0 Å². The molecule has 0 fully saturated rings. The van der Waals surface area contributed by atoms with Crippen LogP contribution in [0.2, 0.25) is 0 Å². The summed E-state index contributed by atoms with van der Waals surface area (Å²) in [5.74, 6) is -0.443. The van der Waals surface area contributed by atoms with Crippen LogP contribution in [-0.2, 0) is 6.18 Å². The minimum atomic E-state index is -4.68. The van der Waals surface area contributed by atoms with E-state index in [2.05, 4.69) is 21.2 Å². The average molecular weight is 412 g/mol. The van der Waals surface area contributed by atoms with E-state index in [0.29, 0.717) is 11.6 Å². The van der Waals surface area contributed by atoms with Crippen LogP contribution in [0.5, 0.6) is 0 Å². The highest BCUT2D eigenvalue weighted by molar-refractivity contribution is 9.10. The highest BCUT2D eigenvalue weighted by Gasteiger charge is 2.33. The summed E-state index contributed by atoms with van der Waals surface area (Å²) in [6, 6.07) is 10.6. The Labute approximate surface area is 147 Å². The third kappa shape index (κ3) is 3.74. The van der Waals surface area contributed by atoms with E-state index in [9.17, 15) is 22.8 Å². The molecule has 0 unspecified atom stereocenters. The van der Waals surface area contributed by atoms with E-state index in [1.54, 1.807) is 24.3 Å². The largest absolute Gasteiger partial charge is 0.423 e. The Morgan fingerprint density at radius 2 is 1.72 bits per heavy atom. The first-order valence-corrected chi connectivity index (χ1v) is 7.75. The van der Waals surface area contributed by atoms with Gasteiger partial charge in [0.1, 0.15) is 5.58 Å². The fourth-order valence-electron chi connectivity index (χ4n) is 2.28. The van der Waals surface area contributed by atoms with E-state index in [1.807, 2.05) is 0 Å². The van der Waals surface area contributed by atoms with Crippen molar-refractivity contribution in [2.75, 3.05) is 5.32 Å². The quantitative estimate of drug-likeness (QED) is 0.614. The molecule has 1 heterocycles. The third-order valence-electron chi connectivity index (χ3n) is 3.41. The Kier molecular flexibility index (Phi) is 4.38. The number of fused-ring (bicyclic) bond motifs is 1. The summed E-state index contributed by atoms with van der Waals surface area (Å²) in [6.45, 7) is 0. The Morgan fingerprint density at radius 3 is 2.36 bits per heavy atom. The van der Waals surface area contributed by atoms with Crippen LogP contribution in [0.1, 0.15) is 15.9 Å². The van der Waals surface area contributed by atoms with Crippen LogP contribution in [0.3, 0.4) is 0 Å². The zero-order valence-corrected chi connectivity index (χ0v) is 13.9. The zero-order valence-electron chi connectivity index (χ0n) is 12.4. The molecule has 0 saturated heterocycles. The minimum absolute atomic E-state index is 0.211. The van der Waals surface area contributed by atoms with Gasteiger partial charge in [0.25, 0.3) is 5.91 Å². The van der Waals surface area contributed by atoms with Gasteiger partial charge in [-0.05, 0) is 36.4 Å². The van der Waals surface area contributed by atoms with Crippen LogP contribution in [0.15, 0.2) is 62.2 Å². The van der Waals surface area contributed by atoms with Crippen molar-refractivity contribution >= 4 is 38.5 Å². The van der Waals surface area contributed by atoms with E-state index >= 15 is 0 Å². The topological polar surface area (TPSA) is 59.3 Å². The summed E-state index contributed by atoms with van der Waals surface area (Å²) in [5, 5.41) is 2.29. The van der Waals surface area contributed by atoms with Crippen LogP contribution in [-0.4, -0.2) is 5.91 Å². The molecule has 2 aromatic carbocycles. The molecule has 0 atom stereocenters. The smallest absolute Gasteiger partial charge is 0.417 e. The molecular weight excluding hydrogens is 403 g/mol. The molecule has 1 amide bonds. The van der Waals surface area contributed by atoms with Crippen molar-refractivity contribution in [1.82, 2.24) is 0 Å². The predicted octanol–water partition coefficient (Wildman–Crippen LogP) is 4.83. The number of halogens is 4. The summed E-state index contributed by atoms with van der Waals surface area (Å²) < 4.78 is 44.7. The molecule has 0 radical (unpaired) electrons. The second-order valence-electron chi connectivity index (χ2n) is 5.15. The van der Waals surface area contributed by atoms with Gasteiger partial charge in [0.2, 0.25) is 0 Å². The van der Waals surface area contributed by atoms with Crippen LogP contribution in [0.4, 0.5) is 18.9 Å². The van der Waals surface area contributed by atoms with Gasteiger partial charge in [-0.1, -0.05) is 15.9 Å². The molecule has 1 N–H and O–H groups in total. The Hall–Kier alpha value is -2.61. The molecule has 4 nitrogen and oxygen atoms in total. The molecule has 8 heteroatoms. The predicted molar refractivity (Wildman–Crippen MR) is 89.6 cm³/mol. The van der Waals surface area contributed by atoms with Gasteiger partial charge in [-0.25, -0.2) is 4.79 Å². The maximum absolute atomic E-state index is 13.0. The van der Waals surface area contributed by atoms with Gasteiger partial charge < -0.3 is 9.73 Å². The van der Waals surface area contributed by atoms with Crippen molar-refractivity contribution in [2.45, 2.75) is 6.18 Å². The van der Waals surface area contributed by atoms with Crippen molar-refractivity contribution in [1.29, 1.82) is 0 Å². The first-order chi connectivity index (χ1) is 11.7. The van der Waals surface area contributed by atoms with E-state index in [1.165, 1.54) is 12.1 Å². The maximum atomic E-state index is 13.0. The van der Waals surface area contributed by atoms with E-state index in [-0.39, 0.29) is 16.7 Å². The number of anilines is 1. The highest BCUT2D eigenvalue weighted by atomic mass is 79.9. The molecule has 0 aliphatic heterocycles. The molecular formula is C17H9BrF3NO3. The minimum Gasteiger partial charge on any atom is -0.423 e. The second-order valence-corrected chi connectivity index (χ2v) is 6.06. The van der Waals surface area contributed by atoms with Gasteiger partial charge >= 0.3 is 11.8 Å². The Morgan fingerprint density at radius 1 is 1.04 bits per heavy atom. The lowest BCUT2D eigenvalue weighted by molar-refractivity contribution is -0.136. The van der Waals surface area contributed by atoms with E-state index in [0.717, 1.165) is 10.5 Å². The molecule has 0 bridgehead atoms. The molecule has 0 spiro atoms. The van der Waals surface area contributed by atoms with Gasteiger partial charge in [-0.15, -0.1) is 0 Å². The number of alkyl halides is 3. The third-order valence-corrected chi connectivity index (χ3v) is 3.94. The summed E-state index contributed by atoms with van der Waals surface area (Å²) >= 11 is 3.25. The molecule has 3 aromatic rings. The first kappa shape index (κ1) is 17.2. The first-order valence-electron chi connectivity index (χ1n) is 6.96. The van der Waals surface area contributed by atoms with Gasteiger partial charge in [0.05, 0.1) is 5.56 Å². The summed E-state index contributed by atoms with van der Waals surface area (Å²) in [7, 11) is 0. The van der Waals surface area contributed by atoms with Gasteiger partial charge in [0, 0.05) is 33.2 Å². The SMILES string of the molecule is O=C(Nc1ccc2c(C(F)(F)F)cc(=O)oc2c1)c1ccc(Br)cc1. The molecule has 128 valence electrons. The fourth-order valence-corrected chi connectivity index (χ4v) is 2.54. The molecule has 1 aromatic heterocycles. The van der Waals surface area contributed by atoms with Crippen molar-refractivity contribution in [2.24, 2.45) is 0 Å². The number of hydrogen-bond acceptors (Lipinski definition) is 3. The van der Waals surface area contributed by atoms with Crippen LogP contribution >= 0.6 is 15.9 Å². The van der Waals surface area contributed by atoms with Crippen LogP contribution < -0.4 is 10.9 Å². The number of nitrogens with one attached hydrogen (secondary N) is 1. The molecule has 3 rings (SSSR count). The van der Waals surface area contributed by atoms with Crippen LogP contribution in [0, 0.1) is 0 Å². The normalized spacial score (nSPS) is 11.5. The number of amides is 1. The maximum Gasteiger partial charge on any atom is 0.417 e.